The normalized spacial score (nSPS) is 16.3. The first-order chi connectivity index (χ1) is 21.8. The molecule has 3 atom stereocenters. The van der Waals surface area contributed by atoms with Crippen LogP contribution >= 0.6 is 11.6 Å². The van der Waals surface area contributed by atoms with Gasteiger partial charge in [-0.1, -0.05) is 60.0 Å². The minimum atomic E-state index is -0.193. The van der Waals surface area contributed by atoms with Gasteiger partial charge in [-0.05, 0) is 113 Å². The zero-order valence-corrected chi connectivity index (χ0v) is 27.2. The minimum Gasteiger partial charge on any atom is -0.460 e. The molecule has 1 saturated heterocycles. The Balaban J connectivity index is 1.24. The molecule has 2 N–H and O–H groups in total. The van der Waals surface area contributed by atoms with Crippen LogP contribution in [0.2, 0.25) is 5.02 Å². The van der Waals surface area contributed by atoms with Crippen molar-refractivity contribution in [2.75, 3.05) is 20.1 Å². The van der Waals surface area contributed by atoms with Crippen LogP contribution in [0.25, 0.3) is 11.3 Å². The maximum atomic E-state index is 13.7. The van der Waals surface area contributed by atoms with Gasteiger partial charge < -0.3 is 20.0 Å². The smallest absolute Gasteiger partial charge is 0.253 e. The number of halogens is 1. The Kier molecular flexibility index (Phi) is 11.1. The van der Waals surface area contributed by atoms with Crippen molar-refractivity contribution in [3.8, 4) is 17.4 Å². The van der Waals surface area contributed by atoms with Crippen molar-refractivity contribution in [1.29, 1.82) is 5.26 Å². The van der Waals surface area contributed by atoms with Gasteiger partial charge in [0.1, 0.15) is 11.5 Å². The molecule has 2 heterocycles. The largest absolute Gasteiger partial charge is 0.460 e. The molecule has 0 saturated carbocycles. The summed E-state index contributed by atoms with van der Waals surface area (Å²) in [4.78, 5) is 16.1. The van der Waals surface area contributed by atoms with Crippen LogP contribution in [0.3, 0.4) is 0 Å². The molecule has 0 radical (unpaired) electrons. The maximum absolute atomic E-state index is 13.7. The molecule has 5 rings (SSSR count). The quantitative estimate of drug-likeness (QED) is 0.157. The highest BCUT2D eigenvalue weighted by atomic mass is 35.5. The average molecular weight is 623 g/mol. The van der Waals surface area contributed by atoms with E-state index in [4.69, 9.17) is 16.0 Å². The Labute approximate surface area is 272 Å². The molecule has 0 aliphatic carbocycles. The van der Waals surface area contributed by atoms with Gasteiger partial charge in [-0.25, -0.2) is 0 Å². The highest BCUT2D eigenvalue weighted by Crippen LogP contribution is 2.28. The first-order valence-corrected chi connectivity index (χ1v) is 16.3. The maximum Gasteiger partial charge on any atom is 0.253 e. The van der Waals surface area contributed by atoms with E-state index in [1.165, 1.54) is 17.5 Å². The summed E-state index contributed by atoms with van der Waals surface area (Å²) in [6.07, 6.45) is 4.99. The van der Waals surface area contributed by atoms with Crippen molar-refractivity contribution in [2.45, 2.75) is 64.6 Å². The number of furan rings is 1. The molecule has 0 spiro atoms. The Morgan fingerprint density at radius 1 is 1.09 bits per heavy atom. The van der Waals surface area contributed by atoms with E-state index < -0.39 is 0 Å². The lowest BCUT2D eigenvalue weighted by Crippen LogP contribution is -2.36. The first-order valence-electron chi connectivity index (χ1n) is 15.9. The van der Waals surface area contributed by atoms with E-state index >= 15 is 0 Å². The molecule has 1 amide bonds. The van der Waals surface area contributed by atoms with Gasteiger partial charge in [-0.15, -0.1) is 0 Å². The lowest BCUT2D eigenvalue weighted by atomic mass is 9.95. The van der Waals surface area contributed by atoms with Gasteiger partial charge >= 0.3 is 0 Å². The second-order valence-electron chi connectivity index (χ2n) is 12.5. The third-order valence-electron chi connectivity index (χ3n) is 8.87. The monoisotopic (exact) mass is 622 g/mol. The van der Waals surface area contributed by atoms with Crippen LogP contribution in [0.15, 0.2) is 83.3 Å². The van der Waals surface area contributed by atoms with Crippen LogP contribution in [0.4, 0.5) is 0 Å². The molecule has 1 aromatic heterocycles. The summed E-state index contributed by atoms with van der Waals surface area (Å²) < 4.78 is 6.17. The van der Waals surface area contributed by atoms with E-state index in [1.807, 2.05) is 48.5 Å². The molecule has 0 unspecified atom stereocenters. The fraction of sp³-hybridized carbons (Fsp3) is 0.368. The van der Waals surface area contributed by atoms with Crippen molar-refractivity contribution in [3.05, 3.63) is 117 Å². The zero-order valence-electron chi connectivity index (χ0n) is 26.5. The molecule has 45 heavy (non-hydrogen) atoms. The number of aryl methyl sites for hydroxylation is 1. The molecule has 7 heteroatoms. The van der Waals surface area contributed by atoms with Gasteiger partial charge in [0.15, 0.2) is 0 Å². The molecule has 1 aliphatic rings. The van der Waals surface area contributed by atoms with Crippen LogP contribution in [-0.2, 0) is 13.0 Å². The van der Waals surface area contributed by atoms with Crippen molar-refractivity contribution < 1.29 is 9.21 Å². The lowest BCUT2D eigenvalue weighted by Gasteiger charge is -2.21. The van der Waals surface area contributed by atoms with Crippen LogP contribution in [0.1, 0.15) is 77.0 Å². The Morgan fingerprint density at radius 3 is 2.58 bits per heavy atom. The fourth-order valence-electron chi connectivity index (χ4n) is 6.11. The minimum absolute atomic E-state index is 0.0545. The van der Waals surface area contributed by atoms with E-state index in [9.17, 15) is 10.1 Å². The number of nitrogens with one attached hydrogen (secondary N) is 2. The average Bonchev–Trinajstić information content (AvgIpc) is 3.69. The number of amides is 1. The number of nitrogens with zero attached hydrogens (tertiary/aromatic N) is 2. The third-order valence-corrected chi connectivity index (χ3v) is 9.20. The van der Waals surface area contributed by atoms with E-state index in [2.05, 4.69) is 66.8 Å². The summed E-state index contributed by atoms with van der Waals surface area (Å²) in [5, 5.41) is 16.4. The number of hydrogen-bond acceptors (Lipinski definition) is 5. The molecule has 234 valence electrons. The third kappa shape index (κ3) is 9.08. The molecule has 0 bridgehead atoms. The number of carbonyl (C=O) groups is 1. The summed E-state index contributed by atoms with van der Waals surface area (Å²) in [5.74, 6) is 2.03. The molecular weight excluding hydrogens is 580 g/mol. The second-order valence-corrected chi connectivity index (χ2v) is 12.9. The molecule has 1 aliphatic heterocycles. The Morgan fingerprint density at radius 2 is 1.87 bits per heavy atom. The van der Waals surface area contributed by atoms with Crippen LogP contribution < -0.4 is 10.6 Å². The van der Waals surface area contributed by atoms with Crippen LogP contribution in [-0.4, -0.2) is 37.0 Å². The van der Waals surface area contributed by atoms with Gasteiger partial charge in [-0.2, -0.15) is 5.26 Å². The molecule has 3 aromatic carbocycles. The van der Waals surface area contributed by atoms with E-state index in [-0.39, 0.29) is 18.0 Å². The number of hydrogen-bond donors (Lipinski definition) is 2. The number of nitriles is 1. The number of likely N-dealkylation sites (tertiary alicyclic amines) is 1. The molecule has 4 aromatic rings. The fourth-order valence-corrected chi connectivity index (χ4v) is 6.31. The van der Waals surface area contributed by atoms with Gasteiger partial charge in [0.2, 0.25) is 0 Å². The van der Waals surface area contributed by atoms with Crippen molar-refractivity contribution in [2.24, 2.45) is 5.92 Å². The number of benzene rings is 3. The Hall–Kier alpha value is -3.89. The zero-order chi connectivity index (χ0) is 31.8. The van der Waals surface area contributed by atoms with Crippen molar-refractivity contribution in [3.63, 3.8) is 0 Å². The standard InChI is InChI=1S/C38H43ClN4O2/c1-26-7-13-31(14-8-26)27(2)41-24-34-16-18-37(45-34)32-15-17-36(39)35(22-32)38(44)42-33(6-4-5-30-19-20-43(3)25-30)21-28-9-11-29(23-40)12-10-28/h7-18,22,27,30,33,41H,4-6,19-21,24-25H2,1-3H3,(H,42,44)/t27-,30+,33+/m1/s1. The topological polar surface area (TPSA) is 81.3 Å². The van der Waals surface area contributed by atoms with E-state index in [0.717, 1.165) is 49.2 Å². The van der Waals surface area contributed by atoms with Gasteiger partial charge in [0, 0.05) is 24.2 Å². The van der Waals surface area contributed by atoms with Crippen molar-refractivity contribution in [1.82, 2.24) is 15.5 Å². The predicted molar refractivity (Wildman–Crippen MR) is 181 cm³/mol. The van der Waals surface area contributed by atoms with Crippen LogP contribution in [0.5, 0.6) is 0 Å². The van der Waals surface area contributed by atoms with Crippen LogP contribution in [0, 0.1) is 24.2 Å². The second kappa shape index (κ2) is 15.4. The van der Waals surface area contributed by atoms with Gasteiger partial charge in [0.05, 0.1) is 28.8 Å². The van der Waals surface area contributed by atoms with Gasteiger partial charge in [-0.3, -0.25) is 4.79 Å². The molecule has 6 nitrogen and oxygen atoms in total. The summed E-state index contributed by atoms with van der Waals surface area (Å²) in [6, 6.07) is 27.8. The SMILES string of the molecule is Cc1ccc([C@@H](C)NCc2ccc(-c3ccc(Cl)c(C(=O)N[C@@H](CCC[C@H]4CCN(C)C4)Cc4ccc(C#N)cc4)c3)o2)cc1. The summed E-state index contributed by atoms with van der Waals surface area (Å²) in [6.45, 7) is 7.12. The summed E-state index contributed by atoms with van der Waals surface area (Å²) >= 11 is 6.58. The number of carbonyl (C=O) groups excluding carboxylic acids is 1. The molecule has 1 fully saturated rings. The van der Waals surface area contributed by atoms with Crippen molar-refractivity contribution >= 4 is 17.5 Å². The number of rotatable bonds is 13. The lowest BCUT2D eigenvalue weighted by molar-refractivity contribution is 0.0934. The highest BCUT2D eigenvalue weighted by molar-refractivity contribution is 6.34. The van der Waals surface area contributed by atoms with E-state index in [1.54, 1.807) is 6.07 Å². The first kappa shape index (κ1) is 32.5. The Bertz CT molecular complexity index is 1610. The predicted octanol–water partition coefficient (Wildman–Crippen LogP) is 8.09. The molecular formula is C38H43ClN4O2. The summed E-state index contributed by atoms with van der Waals surface area (Å²) in [5.41, 5.74) is 5.42. The van der Waals surface area contributed by atoms with E-state index in [0.29, 0.717) is 40.8 Å². The van der Waals surface area contributed by atoms with Gasteiger partial charge in [0.25, 0.3) is 5.91 Å². The highest BCUT2D eigenvalue weighted by Gasteiger charge is 2.22. The summed E-state index contributed by atoms with van der Waals surface area (Å²) in [7, 11) is 2.18.